The third-order valence-electron chi connectivity index (χ3n) is 3.22. The molecule has 21 heavy (non-hydrogen) atoms. The van der Waals surface area contributed by atoms with Crippen LogP contribution in [0.5, 0.6) is 0 Å². The molecule has 6 nitrogen and oxygen atoms in total. The Morgan fingerprint density at radius 1 is 1.38 bits per heavy atom. The van der Waals surface area contributed by atoms with Crippen LogP contribution in [0.25, 0.3) is 0 Å². The number of carbonyl (C=O) groups excluding carboxylic acids is 1. The van der Waals surface area contributed by atoms with Crippen molar-refractivity contribution in [3.05, 3.63) is 23.9 Å². The minimum absolute atomic E-state index is 0.0114. The SMILES string of the molecule is CC(CNC(C)(C)C)CN1C(=O)c2cccnc2S1(=O)=O. The summed E-state index contributed by atoms with van der Waals surface area (Å²) >= 11 is 0. The zero-order valence-corrected chi connectivity index (χ0v) is 13.6. The van der Waals surface area contributed by atoms with Crippen LogP contribution in [-0.4, -0.2) is 42.2 Å². The summed E-state index contributed by atoms with van der Waals surface area (Å²) in [7, 11) is -3.80. The summed E-state index contributed by atoms with van der Waals surface area (Å²) < 4.78 is 25.6. The summed E-state index contributed by atoms with van der Waals surface area (Å²) in [5, 5.41) is 3.18. The number of hydrogen-bond acceptors (Lipinski definition) is 5. The fraction of sp³-hybridized carbons (Fsp3) is 0.571. The lowest BCUT2D eigenvalue weighted by Gasteiger charge is -2.25. The molecule has 0 aliphatic carbocycles. The van der Waals surface area contributed by atoms with E-state index >= 15 is 0 Å². The van der Waals surface area contributed by atoms with Crippen LogP contribution in [0.1, 0.15) is 38.1 Å². The van der Waals surface area contributed by atoms with Crippen molar-refractivity contribution in [2.75, 3.05) is 13.1 Å². The lowest BCUT2D eigenvalue weighted by Crippen LogP contribution is -2.42. The first-order valence-corrected chi connectivity index (χ1v) is 8.34. The highest BCUT2D eigenvalue weighted by molar-refractivity contribution is 7.90. The van der Waals surface area contributed by atoms with Gasteiger partial charge in [0.05, 0.1) is 5.56 Å². The summed E-state index contributed by atoms with van der Waals surface area (Å²) in [6.07, 6.45) is 1.39. The van der Waals surface area contributed by atoms with Crippen LogP contribution in [-0.2, 0) is 10.0 Å². The smallest absolute Gasteiger partial charge is 0.285 e. The number of nitrogens with zero attached hydrogens (tertiary/aromatic N) is 2. The maximum atomic E-state index is 12.4. The van der Waals surface area contributed by atoms with Gasteiger partial charge in [-0.25, -0.2) is 9.29 Å². The van der Waals surface area contributed by atoms with E-state index < -0.39 is 15.9 Å². The van der Waals surface area contributed by atoms with Crippen molar-refractivity contribution >= 4 is 15.9 Å². The fourth-order valence-corrected chi connectivity index (χ4v) is 3.72. The molecular weight excluding hydrogens is 290 g/mol. The number of fused-ring (bicyclic) bond motifs is 1. The number of nitrogens with one attached hydrogen (secondary N) is 1. The van der Waals surface area contributed by atoms with Gasteiger partial charge in [0.1, 0.15) is 0 Å². The van der Waals surface area contributed by atoms with Crippen LogP contribution in [0.3, 0.4) is 0 Å². The van der Waals surface area contributed by atoms with Crippen molar-refractivity contribution in [1.82, 2.24) is 14.6 Å². The van der Waals surface area contributed by atoms with Gasteiger partial charge in [0.15, 0.2) is 5.03 Å². The quantitative estimate of drug-likeness (QED) is 0.905. The first-order chi connectivity index (χ1) is 9.63. The van der Waals surface area contributed by atoms with Gasteiger partial charge in [-0.1, -0.05) is 6.92 Å². The van der Waals surface area contributed by atoms with E-state index in [0.29, 0.717) is 6.54 Å². The first kappa shape index (κ1) is 15.9. The predicted molar refractivity (Wildman–Crippen MR) is 79.4 cm³/mol. The monoisotopic (exact) mass is 311 g/mol. The molecule has 0 radical (unpaired) electrons. The van der Waals surface area contributed by atoms with Crippen LogP contribution in [0.2, 0.25) is 0 Å². The van der Waals surface area contributed by atoms with Crippen LogP contribution < -0.4 is 5.32 Å². The van der Waals surface area contributed by atoms with Crippen LogP contribution >= 0.6 is 0 Å². The highest BCUT2D eigenvalue weighted by Gasteiger charge is 2.42. The summed E-state index contributed by atoms with van der Waals surface area (Å²) in [5.41, 5.74) is 0.112. The molecule has 2 rings (SSSR count). The van der Waals surface area contributed by atoms with Crippen LogP contribution in [0, 0.1) is 5.92 Å². The molecule has 2 heterocycles. The maximum absolute atomic E-state index is 12.4. The maximum Gasteiger partial charge on any atom is 0.285 e. The van der Waals surface area contributed by atoms with Crippen molar-refractivity contribution in [3.8, 4) is 0 Å². The van der Waals surface area contributed by atoms with Gasteiger partial charge < -0.3 is 5.32 Å². The highest BCUT2D eigenvalue weighted by Crippen LogP contribution is 2.28. The van der Waals surface area contributed by atoms with Crippen molar-refractivity contribution in [3.63, 3.8) is 0 Å². The van der Waals surface area contributed by atoms with Crippen molar-refractivity contribution in [1.29, 1.82) is 0 Å². The molecule has 1 aromatic rings. The van der Waals surface area contributed by atoms with Gasteiger partial charge in [-0.3, -0.25) is 4.79 Å². The molecule has 0 saturated heterocycles. The van der Waals surface area contributed by atoms with Gasteiger partial charge in [0.25, 0.3) is 15.9 Å². The number of pyridine rings is 1. The number of amides is 1. The Kier molecular flexibility index (Phi) is 4.08. The molecule has 116 valence electrons. The highest BCUT2D eigenvalue weighted by atomic mass is 32.2. The summed E-state index contributed by atoms with van der Waals surface area (Å²) in [6.45, 7) is 8.82. The van der Waals surface area contributed by atoms with E-state index in [9.17, 15) is 13.2 Å². The number of rotatable bonds is 4. The Morgan fingerprint density at radius 3 is 2.62 bits per heavy atom. The molecule has 1 aliphatic rings. The summed E-state index contributed by atoms with van der Waals surface area (Å²) in [4.78, 5) is 16.1. The lowest BCUT2D eigenvalue weighted by atomic mass is 10.1. The molecular formula is C14H21N3O3S. The predicted octanol–water partition coefficient (Wildman–Crippen LogP) is 1.25. The molecule has 1 N–H and O–H groups in total. The minimum atomic E-state index is -3.80. The second kappa shape index (κ2) is 5.38. The Balaban J connectivity index is 2.14. The number of carbonyl (C=O) groups is 1. The molecule has 1 aromatic heterocycles. The summed E-state index contributed by atoms with van der Waals surface area (Å²) in [6, 6.07) is 3.07. The Hall–Kier alpha value is -1.47. The van der Waals surface area contributed by atoms with Gasteiger partial charge in [-0.05, 0) is 45.4 Å². The topological polar surface area (TPSA) is 79.4 Å². The van der Waals surface area contributed by atoms with E-state index in [4.69, 9.17) is 0 Å². The Labute approximate surface area is 125 Å². The van der Waals surface area contributed by atoms with Crippen molar-refractivity contribution in [2.45, 2.75) is 38.3 Å². The third kappa shape index (κ3) is 3.24. The lowest BCUT2D eigenvalue weighted by molar-refractivity contribution is 0.0858. The van der Waals surface area contributed by atoms with Crippen LogP contribution in [0.15, 0.2) is 23.4 Å². The zero-order chi connectivity index (χ0) is 15.8. The molecule has 0 spiro atoms. The van der Waals surface area contributed by atoms with E-state index in [-0.39, 0.29) is 28.6 Å². The third-order valence-corrected chi connectivity index (χ3v) is 4.93. The Morgan fingerprint density at radius 2 is 2.05 bits per heavy atom. The fourth-order valence-electron chi connectivity index (χ4n) is 2.12. The van der Waals surface area contributed by atoms with Crippen LogP contribution in [0.4, 0.5) is 0 Å². The molecule has 0 aromatic carbocycles. The molecule has 7 heteroatoms. The van der Waals surface area contributed by atoms with Gasteiger partial charge in [0.2, 0.25) is 0 Å². The van der Waals surface area contributed by atoms with Crippen molar-refractivity contribution in [2.24, 2.45) is 5.92 Å². The second-order valence-corrected chi connectivity index (χ2v) is 8.21. The van der Waals surface area contributed by atoms with Gasteiger partial charge in [0, 0.05) is 18.3 Å². The second-order valence-electron chi connectivity index (χ2n) is 6.43. The van der Waals surface area contributed by atoms with E-state index in [1.165, 1.54) is 12.3 Å². The van der Waals surface area contributed by atoms with E-state index in [0.717, 1.165) is 4.31 Å². The minimum Gasteiger partial charge on any atom is -0.312 e. The number of hydrogen-bond donors (Lipinski definition) is 1. The molecule has 1 unspecified atom stereocenters. The zero-order valence-electron chi connectivity index (χ0n) is 12.8. The van der Waals surface area contributed by atoms with Gasteiger partial charge in [-0.15, -0.1) is 0 Å². The first-order valence-electron chi connectivity index (χ1n) is 6.90. The van der Waals surface area contributed by atoms with Gasteiger partial charge in [-0.2, -0.15) is 8.42 Å². The average Bonchev–Trinajstić information content (AvgIpc) is 2.58. The van der Waals surface area contributed by atoms with E-state index in [2.05, 4.69) is 10.3 Å². The average molecular weight is 311 g/mol. The summed E-state index contributed by atoms with van der Waals surface area (Å²) in [5.74, 6) is -0.474. The number of sulfonamides is 1. The van der Waals surface area contributed by atoms with Gasteiger partial charge >= 0.3 is 0 Å². The molecule has 0 bridgehead atoms. The van der Waals surface area contributed by atoms with E-state index in [1.54, 1.807) is 6.07 Å². The Bertz CT molecular complexity index is 650. The molecule has 1 aliphatic heterocycles. The largest absolute Gasteiger partial charge is 0.312 e. The van der Waals surface area contributed by atoms with Crippen molar-refractivity contribution < 1.29 is 13.2 Å². The molecule has 1 atom stereocenters. The normalized spacial score (nSPS) is 18.7. The standard InChI is InChI=1S/C14H21N3O3S/c1-10(8-16-14(2,3)4)9-17-13(18)11-6-5-7-15-12(11)21(17,19)20/h5-7,10,16H,8-9H2,1-4H3. The molecule has 0 fully saturated rings. The number of aromatic nitrogens is 1. The van der Waals surface area contributed by atoms with E-state index in [1.807, 2.05) is 27.7 Å². The molecule has 0 saturated carbocycles. The molecule has 1 amide bonds.